The maximum Gasteiger partial charge on any atom is 0.272 e. The first-order valence-electron chi connectivity index (χ1n) is 9.54. The zero-order chi connectivity index (χ0) is 21.9. The summed E-state index contributed by atoms with van der Waals surface area (Å²) in [4.78, 5) is 13.4. The number of hydrogen-bond acceptors (Lipinski definition) is 4. The van der Waals surface area contributed by atoms with Gasteiger partial charge in [-0.2, -0.15) is 4.31 Å². The van der Waals surface area contributed by atoms with Crippen LogP contribution in [0.4, 0.5) is 5.69 Å². The number of carbonyl (C=O) groups is 1. The molecule has 0 aliphatic carbocycles. The zero-order valence-corrected chi connectivity index (χ0v) is 18.3. The predicted molar refractivity (Wildman–Crippen MR) is 119 cm³/mol. The lowest BCUT2D eigenvalue weighted by molar-refractivity contribution is 0.101. The molecule has 3 aromatic rings. The molecule has 5 nitrogen and oxygen atoms in total. The molecule has 0 N–H and O–H groups in total. The second-order valence-corrected chi connectivity index (χ2v) is 9.70. The number of benzene rings is 3. The highest BCUT2D eigenvalue weighted by molar-refractivity contribution is 7.93. The van der Waals surface area contributed by atoms with Gasteiger partial charge < -0.3 is 4.74 Å². The Balaban J connectivity index is 2.10. The summed E-state index contributed by atoms with van der Waals surface area (Å²) in [6, 6.07) is 21.3. The average molecular weight is 424 g/mol. The molecule has 0 spiro atoms. The molecule has 0 aliphatic heterocycles. The van der Waals surface area contributed by atoms with Gasteiger partial charge in [0.05, 0.1) is 17.7 Å². The Kier molecular flexibility index (Phi) is 5.99. The largest absolute Gasteiger partial charge is 0.497 e. The molecule has 0 saturated carbocycles. The summed E-state index contributed by atoms with van der Waals surface area (Å²) in [5.41, 5.74) is 1.51. The Labute approximate surface area is 178 Å². The summed E-state index contributed by atoms with van der Waals surface area (Å²) < 4.78 is 32.8. The number of sulfonamides is 1. The Bertz CT molecular complexity index is 1110. The highest BCUT2D eigenvalue weighted by Gasteiger charge is 2.32. The molecule has 0 unspecified atom stereocenters. The van der Waals surface area contributed by atoms with Gasteiger partial charge in [0.25, 0.3) is 15.9 Å². The van der Waals surface area contributed by atoms with E-state index in [4.69, 9.17) is 4.74 Å². The fourth-order valence-corrected chi connectivity index (χ4v) is 4.45. The molecule has 3 rings (SSSR count). The van der Waals surface area contributed by atoms with Gasteiger partial charge in [-0.15, -0.1) is 0 Å². The van der Waals surface area contributed by atoms with Crippen LogP contribution >= 0.6 is 0 Å². The van der Waals surface area contributed by atoms with Crippen LogP contribution in [0.1, 0.15) is 36.7 Å². The molecule has 0 aliphatic rings. The normalized spacial score (nSPS) is 11.7. The minimum Gasteiger partial charge on any atom is -0.497 e. The number of hydrogen-bond donors (Lipinski definition) is 0. The van der Waals surface area contributed by atoms with Crippen LogP contribution in [0.2, 0.25) is 0 Å². The van der Waals surface area contributed by atoms with E-state index in [1.54, 1.807) is 54.6 Å². The summed E-state index contributed by atoms with van der Waals surface area (Å²) in [5.74, 6) is -0.0535. The summed E-state index contributed by atoms with van der Waals surface area (Å²) in [6.07, 6.45) is 0. The Morgan fingerprint density at radius 1 is 0.833 bits per heavy atom. The number of anilines is 1. The van der Waals surface area contributed by atoms with E-state index in [9.17, 15) is 13.2 Å². The molecule has 3 aromatic carbocycles. The fourth-order valence-electron chi connectivity index (χ4n) is 3.01. The van der Waals surface area contributed by atoms with Crippen molar-refractivity contribution in [3.05, 3.63) is 90.0 Å². The van der Waals surface area contributed by atoms with Crippen LogP contribution < -0.4 is 9.04 Å². The highest BCUT2D eigenvalue weighted by atomic mass is 32.2. The van der Waals surface area contributed by atoms with E-state index in [0.717, 1.165) is 9.87 Å². The van der Waals surface area contributed by atoms with Gasteiger partial charge in [-0.05, 0) is 59.5 Å². The van der Waals surface area contributed by atoms with E-state index in [1.807, 2.05) is 12.1 Å². The van der Waals surface area contributed by atoms with Gasteiger partial charge >= 0.3 is 0 Å². The van der Waals surface area contributed by atoms with Crippen molar-refractivity contribution in [3.63, 3.8) is 0 Å². The lowest BCUT2D eigenvalue weighted by atomic mass is 9.87. The number of methoxy groups -OCH3 is 1. The van der Waals surface area contributed by atoms with Gasteiger partial charge in [-0.25, -0.2) is 8.42 Å². The van der Waals surface area contributed by atoms with Crippen LogP contribution in [0.25, 0.3) is 0 Å². The predicted octanol–water partition coefficient (Wildman–Crippen LogP) is 5.03. The van der Waals surface area contributed by atoms with Crippen LogP contribution in [0.3, 0.4) is 0 Å². The van der Waals surface area contributed by atoms with Crippen molar-refractivity contribution < 1.29 is 17.9 Å². The number of carbonyl (C=O) groups excluding carboxylic acids is 1. The second-order valence-electron chi connectivity index (χ2n) is 7.91. The quantitative estimate of drug-likeness (QED) is 0.577. The van der Waals surface area contributed by atoms with Crippen LogP contribution in [0.5, 0.6) is 5.75 Å². The van der Waals surface area contributed by atoms with E-state index in [0.29, 0.717) is 11.3 Å². The third kappa shape index (κ3) is 4.39. The summed E-state index contributed by atoms with van der Waals surface area (Å²) in [6.45, 7) is 6.23. The number of nitrogens with zero attached hydrogens (tertiary/aromatic N) is 1. The Morgan fingerprint density at radius 3 is 1.90 bits per heavy atom. The second kappa shape index (κ2) is 8.32. The standard InChI is InChI=1S/C24H25NO4S/c1-24(2,3)19-12-10-18(11-13-19)23(26)25(20-14-16-21(29-4)17-15-20)30(27,28)22-8-6-5-7-9-22/h5-17H,1-4H3. The van der Waals surface area contributed by atoms with E-state index in [1.165, 1.54) is 19.2 Å². The fraction of sp³-hybridized carbons (Fsp3) is 0.208. The van der Waals surface area contributed by atoms with Crippen molar-refractivity contribution in [1.29, 1.82) is 0 Å². The van der Waals surface area contributed by atoms with Crippen molar-refractivity contribution in [2.45, 2.75) is 31.1 Å². The van der Waals surface area contributed by atoms with Gasteiger partial charge in [-0.3, -0.25) is 4.79 Å². The molecule has 156 valence electrons. The van der Waals surface area contributed by atoms with Crippen LogP contribution in [-0.4, -0.2) is 21.4 Å². The summed E-state index contributed by atoms with van der Waals surface area (Å²) in [7, 11) is -2.59. The molecule has 0 fully saturated rings. The lowest BCUT2D eigenvalue weighted by Crippen LogP contribution is -2.37. The molecular weight excluding hydrogens is 398 g/mol. The molecule has 0 radical (unpaired) electrons. The molecule has 0 atom stereocenters. The maximum atomic E-state index is 13.4. The number of rotatable bonds is 5. The molecule has 6 heteroatoms. The summed E-state index contributed by atoms with van der Waals surface area (Å²) >= 11 is 0. The zero-order valence-electron chi connectivity index (χ0n) is 17.5. The molecular formula is C24H25NO4S. The molecule has 0 aromatic heterocycles. The third-order valence-corrected chi connectivity index (χ3v) is 6.50. The van der Waals surface area contributed by atoms with Crippen molar-refractivity contribution in [3.8, 4) is 5.75 Å². The molecule has 0 heterocycles. The van der Waals surface area contributed by atoms with Crippen molar-refractivity contribution >= 4 is 21.6 Å². The SMILES string of the molecule is COc1ccc(N(C(=O)c2ccc(C(C)(C)C)cc2)S(=O)(=O)c2ccccc2)cc1. The smallest absolute Gasteiger partial charge is 0.272 e. The minimum absolute atomic E-state index is 0.0421. The third-order valence-electron chi connectivity index (χ3n) is 4.77. The topological polar surface area (TPSA) is 63.7 Å². The van der Waals surface area contributed by atoms with Gasteiger partial charge in [0.1, 0.15) is 5.75 Å². The first-order valence-corrected chi connectivity index (χ1v) is 11.0. The number of ether oxygens (including phenoxy) is 1. The van der Waals surface area contributed by atoms with Crippen LogP contribution in [-0.2, 0) is 15.4 Å². The van der Waals surface area contributed by atoms with E-state index < -0.39 is 15.9 Å². The number of amides is 1. The van der Waals surface area contributed by atoms with E-state index >= 15 is 0 Å². The maximum absolute atomic E-state index is 13.4. The van der Waals surface area contributed by atoms with Gasteiger partial charge in [0.15, 0.2) is 0 Å². The molecule has 0 bridgehead atoms. The van der Waals surface area contributed by atoms with Crippen molar-refractivity contribution in [2.75, 3.05) is 11.4 Å². The van der Waals surface area contributed by atoms with Crippen molar-refractivity contribution in [2.24, 2.45) is 0 Å². The van der Waals surface area contributed by atoms with Crippen LogP contribution in [0, 0.1) is 0 Å². The van der Waals surface area contributed by atoms with Crippen LogP contribution in [0.15, 0.2) is 83.8 Å². The van der Waals surface area contributed by atoms with E-state index in [2.05, 4.69) is 20.8 Å². The molecule has 30 heavy (non-hydrogen) atoms. The van der Waals surface area contributed by atoms with Gasteiger partial charge in [0, 0.05) is 5.56 Å². The highest BCUT2D eigenvalue weighted by Crippen LogP contribution is 2.29. The van der Waals surface area contributed by atoms with E-state index in [-0.39, 0.29) is 16.0 Å². The first kappa shape index (κ1) is 21.6. The first-order chi connectivity index (χ1) is 14.1. The van der Waals surface area contributed by atoms with Gasteiger partial charge in [0.2, 0.25) is 0 Å². The van der Waals surface area contributed by atoms with Crippen molar-refractivity contribution in [1.82, 2.24) is 0 Å². The van der Waals surface area contributed by atoms with Gasteiger partial charge in [-0.1, -0.05) is 51.1 Å². The average Bonchev–Trinajstić information content (AvgIpc) is 2.74. The summed E-state index contributed by atoms with van der Waals surface area (Å²) in [5, 5.41) is 0. The lowest BCUT2D eigenvalue weighted by Gasteiger charge is -2.24. The molecule has 1 amide bonds. The monoisotopic (exact) mass is 423 g/mol. The molecule has 0 saturated heterocycles. The Morgan fingerprint density at radius 2 is 1.40 bits per heavy atom. The minimum atomic E-state index is -4.12. The Hall–Kier alpha value is -3.12.